The maximum absolute atomic E-state index is 14.9. The van der Waals surface area contributed by atoms with E-state index in [1.54, 1.807) is 31.4 Å². The van der Waals surface area contributed by atoms with Crippen molar-refractivity contribution in [3.63, 3.8) is 0 Å². The summed E-state index contributed by atoms with van der Waals surface area (Å²) in [5, 5.41) is 24.2. The number of nitrogens with zero attached hydrogens (tertiary/aromatic N) is 3. The number of ether oxygens (including phenoxy) is 1. The molecule has 65 heavy (non-hydrogen) atoms. The fraction of sp³-hybridized carbons (Fsp3) is 0.694. The van der Waals surface area contributed by atoms with E-state index < -0.39 is 47.5 Å². The fourth-order valence-electron chi connectivity index (χ4n) is 8.23. The molecule has 16 heteroatoms. The molecular weight excluding hydrogens is 847 g/mol. The van der Waals surface area contributed by atoms with Crippen LogP contribution >= 0.6 is 11.3 Å². The van der Waals surface area contributed by atoms with Crippen LogP contribution in [0.15, 0.2) is 29.6 Å². The van der Waals surface area contributed by atoms with Crippen molar-refractivity contribution in [3.8, 4) is 0 Å². The van der Waals surface area contributed by atoms with Crippen molar-refractivity contribution >= 4 is 52.6 Å². The second-order valence-electron chi connectivity index (χ2n) is 19.2. The van der Waals surface area contributed by atoms with E-state index in [0.717, 1.165) is 57.1 Å². The summed E-state index contributed by atoms with van der Waals surface area (Å²) in [6.07, 6.45) is 6.93. The number of nitrogens with one attached hydrogen (secondary N) is 4. The first-order valence-electron chi connectivity index (χ1n) is 23.8. The summed E-state index contributed by atoms with van der Waals surface area (Å²) in [5.74, 6) is -2.72. The minimum Gasteiger partial charge on any atom is -0.481 e. The molecule has 0 spiro atoms. The number of carbonyl (C=O) groups excluding carboxylic acids is 5. The molecule has 1 aliphatic rings. The average Bonchev–Trinajstić information content (AvgIpc) is 3.74. The Kier molecular flexibility index (Phi) is 22.5. The number of likely N-dealkylation sites (tertiary alicyclic amines) is 1. The number of unbranched alkanes of at least 4 members (excludes halogenated alkanes) is 3. The number of hydrogen-bond donors (Lipinski definition) is 5. The minimum atomic E-state index is -1.17. The lowest BCUT2D eigenvalue weighted by atomic mass is 9.84. The summed E-state index contributed by atoms with van der Waals surface area (Å²) in [7, 11) is 1.96. The number of benzene rings is 1. The molecule has 1 aliphatic heterocycles. The molecule has 15 nitrogen and oxygen atoms in total. The van der Waals surface area contributed by atoms with Gasteiger partial charge in [-0.2, -0.15) is 0 Å². The van der Waals surface area contributed by atoms with Crippen LogP contribution in [-0.4, -0.2) is 112 Å². The molecule has 3 rings (SSSR count). The molecule has 4 amide bonds. The van der Waals surface area contributed by atoms with E-state index in [0.29, 0.717) is 30.1 Å². The van der Waals surface area contributed by atoms with E-state index >= 15 is 0 Å². The molecule has 1 aromatic heterocycles. The lowest BCUT2D eigenvalue weighted by Gasteiger charge is -2.40. The maximum Gasteiger partial charge on any atom is 0.309 e. The Hall–Kier alpha value is -4.41. The van der Waals surface area contributed by atoms with Crippen LogP contribution in [0.1, 0.15) is 161 Å². The van der Waals surface area contributed by atoms with Gasteiger partial charge < -0.3 is 36.0 Å². The maximum atomic E-state index is 14.9. The highest BCUT2D eigenvalue weighted by atomic mass is 32.1. The van der Waals surface area contributed by atoms with Gasteiger partial charge in [0.15, 0.2) is 6.10 Å². The molecule has 0 aliphatic carbocycles. The van der Waals surface area contributed by atoms with Gasteiger partial charge in [0.05, 0.1) is 18.0 Å². The van der Waals surface area contributed by atoms with Gasteiger partial charge in [0.2, 0.25) is 17.7 Å². The van der Waals surface area contributed by atoms with Gasteiger partial charge in [-0.25, -0.2) is 4.98 Å². The van der Waals surface area contributed by atoms with Crippen molar-refractivity contribution < 1.29 is 38.6 Å². The fourth-order valence-corrected chi connectivity index (χ4v) is 9.07. The van der Waals surface area contributed by atoms with Crippen molar-refractivity contribution in [2.75, 3.05) is 32.0 Å². The third-order valence-electron chi connectivity index (χ3n) is 12.4. The van der Waals surface area contributed by atoms with Crippen molar-refractivity contribution in [1.82, 2.24) is 30.7 Å². The van der Waals surface area contributed by atoms with Crippen LogP contribution in [0.3, 0.4) is 0 Å². The molecule has 0 saturated carbocycles. The van der Waals surface area contributed by atoms with Gasteiger partial charge in [0, 0.05) is 49.1 Å². The second-order valence-corrected chi connectivity index (χ2v) is 20.1. The van der Waals surface area contributed by atoms with Gasteiger partial charge in [-0.3, -0.25) is 33.7 Å². The SMILES string of the molecule is CCCCCCN(C(=O)[C@@H](NC(=O)[C@H]1CCCCN1C)[C@@H](C)CC)[C@H](C[C@@H](OC(C)=O)c1nc(C(=O)N[C@@H](Cc2ccc(NC(=O)CNC(C)C)cc2)CC(C)(C)C(=O)O)cs1)C(C)C. The van der Waals surface area contributed by atoms with E-state index in [1.807, 2.05) is 65.6 Å². The average molecular weight is 926 g/mol. The highest BCUT2D eigenvalue weighted by Crippen LogP contribution is 2.32. The number of aliphatic carboxylic acids is 1. The Morgan fingerprint density at radius 2 is 1.68 bits per heavy atom. The third-order valence-corrected chi connectivity index (χ3v) is 13.3. The first-order valence-corrected chi connectivity index (χ1v) is 24.6. The molecule has 1 fully saturated rings. The molecule has 2 aromatic rings. The Balaban J connectivity index is 1.91. The number of thiazole rings is 1. The molecule has 2 heterocycles. The standard InChI is InChI=1S/C49H79N7O8S/c1-12-14-15-17-25-56(47(61)43(33(7)13-2)54-45(60)39-19-16-18-24-55(39)11)40(31(3)4)27-41(64-34(8)57)46-53-38(30-65-46)44(59)52-37(28-49(9,10)48(62)63)26-35-20-22-36(23-21-35)51-42(58)29-50-32(5)6/h20-23,30-33,37,39-41,43,50H,12-19,24-29H2,1-11H3,(H,51,58)(H,52,59)(H,54,60)(H,62,63)/t33-,37-,39+,40+,41+,43-/m0/s1. The topological polar surface area (TPSA) is 199 Å². The van der Waals surface area contributed by atoms with Gasteiger partial charge in [-0.1, -0.05) is 92.7 Å². The highest BCUT2D eigenvalue weighted by Gasteiger charge is 2.39. The molecular formula is C49H79N7O8S. The second kappa shape index (κ2) is 26.7. The molecule has 364 valence electrons. The number of carboxylic acid groups (broad SMARTS) is 1. The zero-order valence-electron chi connectivity index (χ0n) is 41.0. The highest BCUT2D eigenvalue weighted by molar-refractivity contribution is 7.09. The zero-order chi connectivity index (χ0) is 48.4. The molecule has 5 N–H and O–H groups in total. The number of esters is 1. The molecule has 1 saturated heterocycles. The van der Waals surface area contributed by atoms with E-state index in [2.05, 4.69) is 33.1 Å². The molecule has 1 aromatic carbocycles. The number of piperidine rings is 1. The molecule has 6 atom stereocenters. The third kappa shape index (κ3) is 17.7. The number of anilines is 1. The van der Waals surface area contributed by atoms with Gasteiger partial charge in [0.25, 0.3) is 5.91 Å². The Bertz CT molecular complexity index is 1850. The van der Waals surface area contributed by atoms with Crippen LogP contribution in [0.25, 0.3) is 0 Å². The Morgan fingerprint density at radius 1 is 0.985 bits per heavy atom. The lowest BCUT2D eigenvalue weighted by Crippen LogP contribution is -2.59. The number of carboxylic acids is 1. The number of amides is 4. The van der Waals surface area contributed by atoms with Gasteiger partial charge in [0.1, 0.15) is 16.7 Å². The van der Waals surface area contributed by atoms with Crippen molar-refractivity contribution in [2.24, 2.45) is 17.3 Å². The molecule has 0 radical (unpaired) electrons. The van der Waals surface area contributed by atoms with Crippen molar-refractivity contribution in [1.29, 1.82) is 0 Å². The van der Waals surface area contributed by atoms with E-state index in [9.17, 15) is 33.9 Å². The number of likely N-dealkylation sites (N-methyl/N-ethyl adjacent to an activating group) is 1. The number of rotatable bonds is 27. The normalized spacial score (nSPS) is 16.8. The van der Waals surface area contributed by atoms with Gasteiger partial charge in [-0.05, 0) is 89.1 Å². The van der Waals surface area contributed by atoms with Crippen LogP contribution in [0.4, 0.5) is 5.69 Å². The predicted molar refractivity (Wildman–Crippen MR) is 257 cm³/mol. The van der Waals surface area contributed by atoms with Gasteiger partial charge in [-0.15, -0.1) is 11.3 Å². The number of hydrogen-bond acceptors (Lipinski definition) is 11. The summed E-state index contributed by atoms with van der Waals surface area (Å²) in [4.78, 5) is 88.6. The first-order chi connectivity index (χ1) is 30.7. The Labute approximate surface area is 392 Å². The van der Waals surface area contributed by atoms with Gasteiger partial charge >= 0.3 is 11.9 Å². The first kappa shape index (κ1) is 54.9. The minimum absolute atomic E-state index is 0.0748. The Morgan fingerprint density at radius 3 is 2.26 bits per heavy atom. The van der Waals surface area contributed by atoms with Crippen LogP contribution in [0, 0.1) is 17.3 Å². The van der Waals surface area contributed by atoms with E-state index in [1.165, 1.54) is 18.3 Å². The van der Waals surface area contributed by atoms with E-state index in [4.69, 9.17) is 9.72 Å². The summed E-state index contributed by atoms with van der Waals surface area (Å²) in [5.41, 5.74) is 0.363. The van der Waals surface area contributed by atoms with Crippen molar-refractivity contribution in [3.05, 3.63) is 45.9 Å². The zero-order valence-corrected chi connectivity index (χ0v) is 41.8. The smallest absolute Gasteiger partial charge is 0.309 e. The summed E-state index contributed by atoms with van der Waals surface area (Å²) in [6.45, 7) is 20.1. The number of carbonyl (C=O) groups is 6. The van der Waals surface area contributed by atoms with E-state index in [-0.39, 0.29) is 66.7 Å². The largest absolute Gasteiger partial charge is 0.481 e. The molecule has 0 unspecified atom stereocenters. The summed E-state index contributed by atoms with van der Waals surface area (Å²) in [6, 6.07) is 5.32. The predicted octanol–water partition coefficient (Wildman–Crippen LogP) is 7.36. The lowest BCUT2D eigenvalue weighted by molar-refractivity contribution is -0.150. The van der Waals surface area contributed by atoms with Crippen molar-refractivity contribution in [2.45, 2.75) is 176 Å². The van der Waals surface area contributed by atoms with Crippen LogP contribution in [0.5, 0.6) is 0 Å². The van der Waals surface area contributed by atoms with Crippen LogP contribution in [0.2, 0.25) is 0 Å². The van der Waals surface area contributed by atoms with Crippen LogP contribution in [-0.2, 0) is 35.1 Å². The molecule has 0 bridgehead atoms. The summed E-state index contributed by atoms with van der Waals surface area (Å²) >= 11 is 1.18. The quantitative estimate of drug-likeness (QED) is 0.0443. The van der Waals surface area contributed by atoms with Crippen LogP contribution < -0.4 is 21.3 Å². The monoisotopic (exact) mass is 926 g/mol. The summed E-state index contributed by atoms with van der Waals surface area (Å²) < 4.78 is 5.95. The number of aromatic nitrogens is 1.